The second-order valence-corrected chi connectivity index (χ2v) is 9.28. The van der Waals surface area contributed by atoms with Gasteiger partial charge in [-0.15, -0.1) is 0 Å². The maximum absolute atomic E-state index is 14.2. The molecule has 0 unspecified atom stereocenters. The largest absolute Gasteiger partial charge is 0.355 e. The van der Waals surface area contributed by atoms with E-state index in [0.717, 1.165) is 9.87 Å². The Morgan fingerprint density at radius 1 is 0.935 bits per heavy atom. The van der Waals surface area contributed by atoms with Crippen molar-refractivity contribution in [1.29, 1.82) is 0 Å². The highest BCUT2D eigenvalue weighted by molar-refractivity contribution is 7.89. The summed E-state index contributed by atoms with van der Waals surface area (Å²) in [6, 6.07) is 21.1. The van der Waals surface area contributed by atoms with E-state index in [0.29, 0.717) is 18.0 Å². The van der Waals surface area contributed by atoms with Gasteiger partial charge in [0.15, 0.2) is 0 Å². The molecule has 5 nitrogen and oxygen atoms in total. The summed E-state index contributed by atoms with van der Waals surface area (Å²) in [5.74, 6) is -1.01. The van der Waals surface area contributed by atoms with Crippen LogP contribution in [0.1, 0.15) is 11.1 Å². The van der Waals surface area contributed by atoms with Gasteiger partial charge >= 0.3 is 0 Å². The Kier molecular flexibility index (Phi) is 7.79. The zero-order chi connectivity index (χ0) is 22.3. The Balaban J connectivity index is 1.76. The molecule has 0 spiro atoms. The van der Waals surface area contributed by atoms with E-state index in [-0.39, 0.29) is 17.0 Å². The van der Waals surface area contributed by atoms with Crippen molar-refractivity contribution in [1.82, 2.24) is 9.62 Å². The van der Waals surface area contributed by atoms with Crippen LogP contribution < -0.4 is 5.32 Å². The molecule has 3 aromatic carbocycles. The number of carbonyl (C=O) groups is 1. The van der Waals surface area contributed by atoms with Crippen LogP contribution in [0, 0.1) is 5.82 Å². The van der Waals surface area contributed by atoms with Gasteiger partial charge in [-0.3, -0.25) is 4.79 Å². The van der Waals surface area contributed by atoms with Crippen LogP contribution in [0.25, 0.3) is 0 Å². The molecule has 0 saturated carbocycles. The van der Waals surface area contributed by atoms with E-state index in [1.54, 1.807) is 6.07 Å². The fourth-order valence-electron chi connectivity index (χ4n) is 3.01. The van der Waals surface area contributed by atoms with Gasteiger partial charge in [0.25, 0.3) is 0 Å². The molecular formula is C23H22ClFN2O3S. The average Bonchev–Trinajstić information content (AvgIpc) is 2.76. The second kappa shape index (κ2) is 10.5. The Morgan fingerprint density at radius 3 is 2.26 bits per heavy atom. The third-order valence-corrected chi connectivity index (χ3v) is 6.71. The molecule has 1 N–H and O–H groups in total. The van der Waals surface area contributed by atoms with Crippen LogP contribution in [-0.4, -0.2) is 31.7 Å². The predicted octanol–water partition coefficient (Wildman–Crippen LogP) is 4.03. The van der Waals surface area contributed by atoms with E-state index in [9.17, 15) is 17.6 Å². The lowest BCUT2D eigenvalue weighted by Gasteiger charge is -2.22. The standard InChI is InChI=1S/C23H22ClFN2O3S/c24-20-10-12-21(13-11-20)31(29,30)27(16-19-8-4-5-9-22(19)25)17-23(28)26-15-14-18-6-2-1-3-7-18/h1-13H,14-17H2,(H,26,28). The van der Waals surface area contributed by atoms with Gasteiger partial charge in [-0.05, 0) is 42.3 Å². The van der Waals surface area contributed by atoms with Gasteiger partial charge in [-0.1, -0.05) is 60.1 Å². The summed E-state index contributed by atoms with van der Waals surface area (Å²) < 4.78 is 41.5. The summed E-state index contributed by atoms with van der Waals surface area (Å²) in [5, 5.41) is 3.12. The van der Waals surface area contributed by atoms with E-state index in [1.165, 1.54) is 42.5 Å². The van der Waals surface area contributed by atoms with Crippen LogP contribution in [-0.2, 0) is 27.8 Å². The molecule has 0 fully saturated rings. The molecule has 0 heterocycles. The van der Waals surface area contributed by atoms with Gasteiger partial charge in [0.2, 0.25) is 15.9 Å². The minimum atomic E-state index is -4.06. The number of sulfonamides is 1. The number of halogens is 2. The number of nitrogens with zero attached hydrogens (tertiary/aromatic N) is 1. The summed E-state index contributed by atoms with van der Waals surface area (Å²) in [5.41, 5.74) is 1.23. The number of carbonyl (C=O) groups excluding carboxylic acids is 1. The van der Waals surface area contributed by atoms with Crippen molar-refractivity contribution in [3.05, 3.63) is 101 Å². The smallest absolute Gasteiger partial charge is 0.243 e. The molecule has 0 saturated heterocycles. The van der Waals surface area contributed by atoms with Gasteiger partial charge in [-0.2, -0.15) is 4.31 Å². The summed E-state index contributed by atoms with van der Waals surface area (Å²) in [7, 11) is -4.06. The molecule has 0 atom stereocenters. The highest BCUT2D eigenvalue weighted by Gasteiger charge is 2.27. The minimum absolute atomic E-state index is 0.0228. The Bertz CT molecular complexity index is 1120. The topological polar surface area (TPSA) is 66.5 Å². The average molecular weight is 461 g/mol. The monoisotopic (exact) mass is 460 g/mol. The number of hydrogen-bond donors (Lipinski definition) is 1. The zero-order valence-electron chi connectivity index (χ0n) is 16.7. The first-order valence-corrected chi connectivity index (χ1v) is 11.5. The van der Waals surface area contributed by atoms with Gasteiger partial charge < -0.3 is 5.32 Å². The minimum Gasteiger partial charge on any atom is -0.355 e. The van der Waals surface area contributed by atoms with Gasteiger partial charge in [0.1, 0.15) is 5.82 Å². The van der Waals surface area contributed by atoms with Crippen LogP contribution in [0.2, 0.25) is 5.02 Å². The van der Waals surface area contributed by atoms with Crippen LogP contribution in [0.3, 0.4) is 0 Å². The third kappa shape index (κ3) is 6.37. The zero-order valence-corrected chi connectivity index (χ0v) is 18.2. The quantitative estimate of drug-likeness (QED) is 0.524. The van der Waals surface area contributed by atoms with E-state index >= 15 is 0 Å². The molecule has 3 rings (SSSR count). The molecule has 31 heavy (non-hydrogen) atoms. The van der Waals surface area contributed by atoms with Crippen molar-refractivity contribution in [2.75, 3.05) is 13.1 Å². The maximum atomic E-state index is 14.2. The van der Waals surface area contributed by atoms with Gasteiger partial charge in [-0.25, -0.2) is 12.8 Å². The lowest BCUT2D eigenvalue weighted by atomic mass is 10.1. The maximum Gasteiger partial charge on any atom is 0.243 e. The van der Waals surface area contributed by atoms with E-state index in [1.807, 2.05) is 30.3 Å². The van der Waals surface area contributed by atoms with Crippen LogP contribution >= 0.6 is 11.6 Å². The number of nitrogens with one attached hydrogen (secondary N) is 1. The second-order valence-electron chi connectivity index (χ2n) is 6.90. The molecule has 0 aliphatic heterocycles. The number of rotatable bonds is 9. The van der Waals surface area contributed by atoms with Crippen LogP contribution in [0.5, 0.6) is 0 Å². The summed E-state index contributed by atoms with van der Waals surface area (Å²) in [4.78, 5) is 12.5. The van der Waals surface area contributed by atoms with Crippen molar-refractivity contribution in [2.24, 2.45) is 0 Å². The number of amides is 1. The lowest BCUT2D eigenvalue weighted by Crippen LogP contribution is -2.41. The van der Waals surface area contributed by atoms with Crippen molar-refractivity contribution in [3.8, 4) is 0 Å². The molecule has 8 heteroatoms. The molecule has 162 valence electrons. The highest BCUT2D eigenvalue weighted by atomic mass is 35.5. The molecule has 0 radical (unpaired) electrons. The fraction of sp³-hybridized carbons (Fsp3) is 0.174. The normalized spacial score (nSPS) is 11.5. The Labute approximate surface area is 186 Å². The highest BCUT2D eigenvalue weighted by Crippen LogP contribution is 2.21. The van der Waals surface area contributed by atoms with Crippen LogP contribution in [0.15, 0.2) is 83.8 Å². The third-order valence-electron chi connectivity index (χ3n) is 4.65. The van der Waals surface area contributed by atoms with E-state index < -0.39 is 28.3 Å². The van der Waals surface area contributed by atoms with E-state index in [2.05, 4.69) is 5.32 Å². The fourth-order valence-corrected chi connectivity index (χ4v) is 4.51. The summed E-state index contributed by atoms with van der Waals surface area (Å²) >= 11 is 5.86. The van der Waals surface area contributed by atoms with Crippen LogP contribution in [0.4, 0.5) is 4.39 Å². The van der Waals surface area contributed by atoms with Crippen molar-refractivity contribution >= 4 is 27.5 Å². The molecular weight excluding hydrogens is 439 g/mol. The molecule has 0 aromatic heterocycles. The Hall–Kier alpha value is -2.74. The van der Waals surface area contributed by atoms with Crippen molar-refractivity contribution in [3.63, 3.8) is 0 Å². The SMILES string of the molecule is O=C(CN(Cc1ccccc1F)S(=O)(=O)c1ccc(Cl)cc1)NCCc1ccccc1. The molecule has 3 aromatic rings. The first-order chi connectivity index (χ1) is 14.9. The van der Waals surface area contributed by atoms with Gasteiger partial charge in [0.05, 0.1) is 11.4 Å². The summed E-state index contributed by atoms with van der Waals surface area (Å²) in [6.07, 6.45) is 0.615. The summed E-state index contributed by atoms with van der Waals surface area (Å²) in [6.45, 7) is -0.352. The molecule has 0 bridgehead atoms. The molecule has 1 amide bonds. The number of benzene rings is 3. The lowest BCUT2D eigenvalue weighted by molar-refractivity contribution is -0.121. The van der Waals surface area contributed by atoms with Gasteiger partial charge in [0, 0.05) is 23.7 Å². The first kappa shape index (κ1) is 22.9. The first-order valence-electron chi connectivity index (χ1n) is 9.66. The molecule has 0 aliphatic rings. The van der Waals surface area contributed by atoms with Crippen molar-refractivity contribution in [2.45, 2.75) is 17.9 Å². The van der Waals surface area contributed by atoms with E-state index in [4.69, 9.17) is 11.6 Å². The Morgan fingerprint density at radius 2 is 1.58 bits per heavy atom. The van der Waals surface area contributed by atoms with Crippen molar-refractivity contribution < 1.29 is 17.6 Å². The molecule has 0 aliphatic carbocycles. The predicted molar refractivity (Wildman–Crippen MR) is 119 cm³/mol. The number of hydrogen-bond acceptors (Lipinski definition) is 3.